The van der Waals surface area contributed by atoms with Crippen LogP contribution in [0.15, 0.2) is 48.5 Å². The van der Waals surface area contributed by atoms with Gasteiger partial charge in [0.05, 0.1) is 20.3 Å². The van der Waals surface area contributed by atoms with E-state index >= 15 is 0 Å². The third-order valence-corrected chi connectivity index (χ3v) is 5.23. The Morgan fingerprint density at radius 3 is 2.00 bits per heavy atom. The number of hydrogen-bond donors (Lipinski definition) is 1. The maximum absolute atomic E-state index is 5.25. The van der Waals surface area contributed by atoms with Crippen LogP contribution >= 0.6 is 0 Å². The molecule has 0 spiro atoms. The highest BCUT2D eigenvalue weighted by molar-refractivity contribution is 5.48. The van der Waals surface area contributed by atoms with Gasteiger partial charge in [0.1, 0.15) is 5.75 Å². The van der Waals surface area contributed by atoms with E-state index in [1.54, 1.807) is 21.3 Å². The molecule has 0 aliphatic rings. The molecule has 0 unspecified atom stereocenters. The minimum Gasteiger partial charge on any atom is -0.497 e. The average molecular weight is 401 g/mol. The number of nitrogens with one attached hydrogen (secondary N) is 1. The average Bonchev–Trinajstić information content (AvgIpc) is 2.77. The van der Waals surface area contributed by atoms with E-state index in [9.17, 15) is 0 Å². The third-order valence-electron chi connectivity index (χ3n) is 5.23. The van der Waals surface area contributed by atoms with Crippen LogP contribution in [0.3, 0.4) is 0 Å². The van der Waals surface area contributed by atoms with Gasteiger partial charge < -0.3 is 24.4 Å². The van der Waals surface area contributed by atoms with Crippen molar-refractivity contribution in [2.45, 2.75) is 25.8 Å². The summed E-state index contributed by atoms with van der Waals surface area (Å²) >= 11 is 0. The maximum Gasteiger partial charge on any atom is 0.118 e. The molecule has 160 valence electrons. The van der Waals surface area contributed by atoms with Crippen LogP contribution in [-0.2, 0) is 16.0 Å². The summed E-state index contributed by atoms with van der Waals surface area (Å²) in [5, 5.41) is 3.60. The van der Waals surface area contributed by atoms with E-state index in [0.29, 0.717) is 19.1 Å². The zero-order chi connectivity index (χ0) is 20.9. The lowest BCUT2D eigenvalue weighted by molar-refractivity contribution is 0.190. The Morgan fingerprint density at radius 2 is 1.48 bits per heavy atom. The van der Waals surface area contributed by atoms with Gasteiger partial charge in [-0.3, -0.25) is 0 Å². The Hall–Kier alpha value is -2.08. The molecule has 5 heteroatoms. The quantitative estimate of drug-likeness (QED) is 0.518. The molecule has 0 amide bonds. The fourth-order valence-electron chi connectivity index (χ4n) is 3.36. The van der Waals surface area contributed by atoms with Gasteiger partial charge in [0, 0.05) is 46.1 Å². The van der Waals surface area contributed by atoms with E-state index in [4.69, 9.17) is 14.2 Å². The van der Waals surface area contributed by atoms with E-state index in [1.807, 2.05) is 12.1 Å². The number of ether oxygens (including phenoxy) is 3. The minimum absolute atomic E-state index is 0.494. The topological polar surface area (TPSA) is 43.0 Å². The van der Waals surface area contributed by atoms with E-state index in [0.717, 1.165) is 38.3 Å². The van der Waals surface area contributed by atoms with Gasteiger partial charge in [-0.05, 0) is 47.7 Å². The molecule has 2 aromatic rings. The molecule has 0 bridgehead atoms. The molecule has 0 radical (unpaired) electrons. The highest BCUT2D eigenvalue weighted by atomic mass is 16.5. The molecule has 0 fully saturated rings. The van der Waals surface area contributed by atoms with Crippen LogP contribution in [0, 0.1) is 0 Å². The molecule has 0 saturated carbocycles. The third kappa shape index (κ3) is 7.69. The molecule has 29 heavy (non-hydrogen) atoms. The molecule has 1 atom stereocenters. The fourth-order valence-corrected chi connectivity index (χ4v) is 3.36. The van der Waals surface area contributed by atoms with Gasteiger partial charge in [0.15, 0.2) is 0 Å². The number of anilines is 1. The van der Waals surface area contributed by atoms with Crippen molar-refractivity contribution in [3.8, 4) is 5.75 Å². The fraction of sp³-hybridized carbons (Fsp3) is 0.500. The lowest BCUT2D eigenvalue weighted by Crippen LogP contribution is -2.30. The standard InChI is InChI=1S/C24H36N2O3/c1-5-21(19-25-18-20-6-12-24(29-4)13-7-20)22-8-10-23(11-9-22)26(14-16-27-2)15-17-28-3/h6-13,21,25H,5,14-19H2,1-4H3/t21-/m1/s1. The van der Waals surface area contributed by atoms with E-state index in [1.165, 1.54) is 16.8 Å². The van der Waals surface area contributed by atoms with Crippen LogP contribution < -0.4 is 15.0 Å². The first-order valence-corrected chi connectivity index (χ1v) is 10.4. The molecule has 2 rings (SSSR count). The highest BCUT2D eigenvalue weighted by Gasteiger charge is 2.11. The van der Waals surface area contributed by atoms with Crippen molar-refractivity contribution in [3.05, 3.63) is 59.7 Å². The molecular formula is C24H36N2O3. The van der Waals surface area contributed by atoms with Crippen molar-refractivity contribution in [1.82, 2.24) is 5.32 Å². The lowest BCUT2D eigenvalue weighted by atomic mass is 9.96. The molecular weight excluding hydrogens is 364 g/mol. The van der Waals surface area contributed by atoms with Gasteiger partial charge in [-0.1, -0.05) is 31.2 Å². The van der Waals surface area contributed by atoms with Crippen molar-refractivity contribution in [3.63, 3.8) is 0 Å². The molecule has 0 aromatic heterocycles. The zero-order valence-corrected chi connectivity index (χ0v) is 18.3. The predicted octanol–water partition coefficient (Wildman–Crippen LogP) is 4.08. The molecule has 2 aromatic carbocycles. The Bertz CT molecular complexity index is 666. The Balaban J connectivity index is 1.92. The maximum atomic E-state index is 5.25. The highest BCUT2D eigenvalue weighted by Crippen LogP contribution is 2.23. The van der Waals surface area contributed by atoms with Gasteiger partial charge in [-0.25, -0.2) is 0 Å². The molecule has 0 aliphatic heterocycles. The second-order valence-corrected chi connectivity index (χ2v) is 7.15. The second-order valence-electron chi connectivity index (χ2n) is 7.15. The van der Waals surface area contributed by atoms with Crippen molar-refractivity contribution >= 4 is 5.69 Å². The monoisotopic (exact) mass is 400 g/mol. The Kier molecular flexibility index (Phi) is 10.6. The van der Waals surface area contributed by atoms with Gasteiger partial charge >= 0.3 is 0 Å². The first-order valence-electron chi connectivity index (χ1n) is 10.4. The minimum atomic E-state index is 0.494. The second kappa shape index (κ2) is 13.2. The van der Waals surface area contributed by atoms with Gasteiger partial charge in [-0.15, -0.1) is 0 Å². The summed E-state index contributed by atoms with van der Waals surface area (Å²) < 4.78 is 15.7. The summed E-state index contributed by atoms with van der Waals surface area (Å²) in [5.41, 5.74) is 3.85. The predicted molar refractivity (Wildman–Crippen MR) is 120 cm³/mol. The van der Waals surface area contributed by atoms with Crippen molar-refractivity contribution in [2.24, 2.45) is 0 Å². The lowest BCUT2D eigenvalue weighted by Gasteiger charge is -2.25. The SMILES string of the molecule is CC[C@H](CNCc1ccc(OC)cc1)c1ccc(N(CCOC)CCOC)cc1. The number of rotatable bonds is 14. The first kappa shape index (κ1) is 23.2. The molecule has 5 nitrogen and oxygen atoms in total. The summed E-state index contributed by atoms with van der Waals surface area (Å²) in [6.45, 7) is 7.20. The van der Waals surface area contributed by atoms with Gasteiger partial charge in [0.25, 0.3) is 0 Å². The van der Waals surface area contributed by atoms with Crippen LogP contribution in [0.4, 0.5) is 5.69 Å². The zero-order valence-electron chi connectivity index (χ0n) is 18.3. The van der Waals surface area contributed by atoms with Crippen LogP contribution in [0.5, 0.6) is 5.75 Å². The summed E-state index contributed by atoms with van der Waals surface area (Å²) in [6, 6.07) is 17.2. The van der Waals surface area contributed by atoms with Crippen LogP contribution in [0.25, 0.3) is 0 Å². The van der Waals surface area contributed by atoms with E-state index < -0.39 is 0 Å². The molecule has 0 aliphatic carbocycles. The van der Waals surface area contributed by atoms with E-state index in [2.05, 4.69) is 53.5 Å². The smallest absolute Gasteiger partial charge is 0.118 e. The summed E-state index contributed by atoms with van der Waals surface area (Å²) in [6.07, 6.45) is 1.10. The normalized spacial score (nSPS) is 12.0. The number of methoxy groups -OCH3 is 3. The van der Waals surface area contributed by atoms with Gasteiger partial charge in [0.2, 0.25) is 0 Å². The van der Waals surface area contributed by atoms with Crippen molar-refractivity contribution in [1.29, 1.82) is 0 Å². The summed E-state index contributed by atoms with van der Waals surface area (Å²) in [5.74, 6) is 1.39. The molecule has 1 N–H and O–H groups in total. The summed E-state index contributed by atoms with van der Waals surface area (Å²) in [7, 11) is 5.17. The Morgan fingerprint density at radius 1 is 0.862 bits per heavy atom. The molecule has 0 heterocycles. The summed E-state index contributed by atoms with van der Waals surface area (Å²) in [4.78, 5) is 2.31. The van der Waals surface area contributed by atoms with Crippen molar-refractivity contribution in [2.75, 3.05) is 59.1 Å². The van der Waals surface area contributed by atoms with Crippen molar-refractivity contribution < 1.29 is 14.2 Å². The first-order chi connectivity index (χ1) is 14.2. The largest absolute Gasteiger partial charge is 0.497 e. The van der Waals surface area contributed by atoms with Crippen LogP contribution in [-0.4, -0.2) is 54.2 Å². The number of hydrogen-bond acceptors (Lipinski definition) is 5. The van der Waals surface area contributed by atoms with E-state index in [-0.39, 0.29) is 0 Å². The van der Waals surface area contributed by atoms with Gasteiger partial charge in [-0.2, -0.15) is 0 Å². The molecule has 0 saturated heterocycles. The van der Waals surface area contributed by atoms with Crippen LogP contribution in [0.1, 0.15) is 30.4 Å². The number of benzene rings is 2. The number of nitrogens with zero attached hydrogens (tertiary/aromatic N) is 1. The Labute approximate surface area is 176 Å². The van der Waals surface area contributed by atoms with Crippen LogP contribution in [0.2, 0.25) is 0 Å².